The van der Waals surface area contributed by atoms with Crippen LogP contribution < -0.4 is 10.6 Å². The van der Waals surface area contributed by atoms with E-state index in [9.17, 15) is 0 Å². The molecule has 0 amide bonds. The molecule has 1 heterocycles. The minimum atomic E-state index is 0.244. The number of aliphatic imine (C=N–C) groups is 1. The van der Waals surface area contributed by atoms with Crippen LogP contribution in [0.2, 0.25) is 5.02 Å². The van der Waals surface area contributed by atoms with E-state index in [2.05, 4.69) is 22.5 Å². The molecule has 0 saturated carbocycles. The lowest BCUT2D eigenvalue weighted by atomic mass is 9.89. The second-order valence-electron chi connectivity index (χ2n) is 5.53. The minimum Gasteiger partial charge on any atom is -0.380 e. The summed E-state index contributed by atoms with van der Waals surface area (Å²) in [6.45, 7) is 5.58. The van der Waals surface area contributed by atoms with E-state index in [1.807, 2.05) is 24.3 Å². The number of nitrogens with zero attached hydrogens (tertiary/aromatic N) is 1. The number of hydrogen-bond acceptors (Lipinski definition) is 2. The SMILES string of the molecule is CN=C(NCCc1ccc(Cl)cc1)NCC1(C)COC1. The van der Waals surface area contributed by atoms with Crippen molar-refractivity contribution < 1.29 is 4.74 Å². The smallest absolute Gasteiger partial charge is 0.191 e. The normalized spacial score (nSPS) is 17.4. The number of guanidine groups is 1. The van der Waals surface area contributed by atoms with Gasteiger partial charge in [-0.25, -0.2) is 0 Å². The molecule has 0 atom stereocenters. The Hall–Kier alpha value is -1.26. The highest BCUT2D eigenvalue weighted by Gasteiger charge is 2.33. The Morgan fingerprint density at radius 1 is 1.30 bits per heavy atom. The van der Waals surface area contributed by atoms with E-state index in [0.717, 1.165) is 43.7 Å². The second-order valence-corrected chi connectivity index (χ2v) is 5.97. The average molecular weight is 296 g/mol. The van der Waals surface area contributed by atoms with Crippen LogP contribution in [-0.4, -0.2) is 39.3 Å². The van der Waals surface area contributed by atoms with Crippen LogP contribution in [0.25, 0.3) is 0 Å². The largest absolute Gasteiger partial charge is 0.380 e. The molecule has 1 fully saturated rings. The third-order valence-corrected chi connectivity index (χ3v) is 3.68. The topological polar surface area (TPSA) is 45.7 Å². The first-order chi connectivity index (χ1) is 9.61. The second kappa shape index (κ2) is 6.95. The van der Waals surface area contributed by atoms with E-state index in [1.165, 1.54) is 5.56 Å². The molecular formula is C15H22ClN3O. The molecule has 0 radical (unpaired) electrons. The number of nitrogens with one attached hydrogen (secondary N) is 2. The molecule has 5 heteroatoms. The highest BCUT2D eigenvalue weighted by molar-refractivity contribution is 6.30. The number of halogens is 1. The minimum absolute atomic E-state index is 0.244. The van der Waals surface area contributed by atoms with Gasteiger partial charge in [0.25, 0.3) is 0 Å². The molecule has 2 N–H and O–H groups in total. The zero-order valence-electron chi connectivity index (χ0n) is 12.1. The molecule has 0 aromatic heterocycles. The van der Waals surface area contributed by atoms with Gasteiger partial charge < -0.3 is 15.4 Å². The first-order valence-electron chi connectivity index (χ1n) is 6.88. The van der Waals surface area contributed by atoms with Crippen LogP contribution in [0.1, 0.15) is 12.5 Å². The van der Waals surface area contributed by atoms with Gasteiger partial charge in [-0.15, -0.1) is 0 Å². The lowest BCUT2D eigenvalue weighted by Gasteiger charge is -2.38. The highest BCUT2D eigenvalue weighted by Crippen LogP contribution is 2.24. The maximum atomic E-state index is 5.87. The van der Waals surface area contributed by atoms with Crippen molar-refractivity contribution in [2.75, 3.05) is 33.4 Å². The quantitative estimate of drug-likeness (QED) is 0.646. The van der Waals surface area contributed by atoms with E-state index < -0.39 is 0 Å². The van der Waals surface area contributed by atoms with Crippen LogP contribution in [-0.2, 0) is 11.2 Å². The van der Waals surface area contributed by atoms with E-state index in [-0.39, 0.29) is 5.41 Å². The van der Waals surface area contributed by atoms with Gasteiger partial charge in [0.1, 0.15) is 0 Å². The summed E-state index contributed by atoms with van der Waals surface area (Å²) in [5, 5.41) is 7.44. The van der Waals surface area contributed by atoms with Gasteiger partial charge in [-0.05, 0) is 24.1 Å². The van der Waals surface area contributed by atoms with Crippen LogP contribution in [0.15, 0.2) is 29.3 Å². The monoisotopic (exact) mass is 295 g/mol. The van der Waals surface area contributed by atoms with Crippen LogP contribution >= 0.6 is 11.6 Å². The van der Waals surface area contributed by atoms with Crippen molar-refractivity contribution in [3.05, 3.63) is 34.9 Å². The molecule has 1 aliphatic heterocycles. The molecule has 2 rings (SSSR count). The van der Waals surface area contributed by atoms with Crippen molar-refractivity contribution in [3.63, 3.8) is 0 Å². The first kappa shape index (κ1) is 15.1. The van der Waals surface area contributed by atoms with Crippen LogP contribution in [0, 0.1) is 5.41 Å². The molecule has 20 heavy (non-hydrogen) atoms. The summed E-state index contributed by atoms with van der Waals surface area (Å²) in [5.74, 6) is 0.840. The van der Waals surface area contributed by atoms with Gasteiger partial charge in [0.15, 0.2) is 5.96 Å². The molecule has 1 aromatic carbocycles. The molecule has 4 nitrogen and oxygen atoms in total. The Balaban J connectivity index is 1.69. The Labute approximate surface area is 125 Å². The maximum absolute atomic E-state index is 5.87. The predicted molar refractivity (Wildman–Crippen MR) is 83.4 cm³/mol. The zero-order valence-corrected chi connectivity index (χ0v) is 12.8. The summed E-state index contributed by atoms with van der Waals surface area (Å²) in [6.07, 6.45) is 0.943. The van der Waals surface area contributed by atoms with E-state index >= 15 is 0 Å². The molecule has 0 aliphatic carbocycles. The van der Waals surface area contributed by atoms with Gasteiger partial charge in [-0.1, -0.05) is 30.7 Å². The summed E-state index contributed by atoms with van der Waals surface area (Å²) in [6, 6.07) is 7.93. The lowest BCUT2D eigenvalue weighted by Crippen LogP contribution is -2.51. The summed E-state index contributed by atoms with van der Waals surface area (Å²) in [4.78, 5) is 4.23. The van der Waals surface area contributed by atoms with Gasteiger partial charge >= 0.3 is 0 Å². The molecule has 1 aromatic rings. The lowest BCUT2D eigenvalue weighted by molar-refractivity contribution is -0.0971. The molecule has 1 aliphatic rings. The van der Waals surface area contributed by atoms with Gasteiger partial charge in [-0.3, -0.25) is 4.99 Å². The highest BCUT2D eigenvalue weighted by atomic mass is 35.5. The standard InChI is InChI=1S/C15H22ClN3O/c1-15(10-20-11-15)9-19-14(17-2)18-8-7-12-3-5-13(16)6-4-12/h3-6H,7-11H2,1-2H3,(H2,17,18,19). The van der Waals surface area contributed by atoms with Crippen molar-refractivity contribution in [2.45, 2.75) is 13.3 Å². The predicted octanol–water partition coefficient (Wildman–Crippen LogP) is 2.08. The third kappa shape index (κ3) is 4.39. The molecule has 0 bridgehead atoms. The van der Waals surface area contributed by atoms with E-state index in [0.29, 0.717) is 0 Å². The van der Waals surface area contributed by atoms with Gasteiger partial charge in [0.2, 0.25) is 0 Å². The van der Waals surface area contributed by atoms with Crippen molar-refractivity contribution in [1.29, 1.82) is 0 Å². The van der Waals surface area contributed by atoms with Gasteiger partial charge in [-0.2, -0.15) is 0 Å². The Morgan fingerprint density at radius 2 is 2.00 bits per heavy atom. The fourth-order valence-corrected chi connectivity index (χ4v) is 2.17. The Morgan fingerprint density at radius 3 is 2.55 bits per heavy atom. The third-order valence-electron chi connectivity index (χ3n) is 3.43. The summed E-state index contributed by atoms with van der Waals surface area (Å²) in [5.41, 5.74) is 1.50. The first-order valence-corrected chi connectivity index (χ1v) is 7.26. The maximum Gasteiger partial charge on any atom is 0.191 e. The van der Waals surface area contributed by atoms with Crippen molar-refractivity contribution in [1.82, 2.24) is 10.6 Å². The molecule has 0 unspecified atom stereocenters. The fourth-order valence-electron chi connectivity index (χ4n) is 2.05. The summed E-state index contributed by atoms with van der Waals surface area (Å²) < 4.78 is 5.24. The average Bonchev–Trinajstić information content (AvgIpc) is 2.42. The van der Waals surface area contributed by atoms with Crippen LogP contribution in [0.4, 0.5) is 0 Å². The van der Waals surface area contributed by atoms with Gasteiger partial charge in [0, 0.05) is 30.6 Å². The zero-order chi connectivity index (χ0) is 14.4. The van der Waals surface area contributed by atoms with Crippen LogP contribution in [0.5, 0.6) is 0 Å². The van der Waals surface area contributed by atoms with Crippen LogP contribution in [0.3, 0.4) is 0 Å². The van der Waals surface area contributed by atoms with Gasteiger partial charge in [0.05, 0.1) is 13.2 Å². The molecule has 110 valence electrons. The van der Waals surface area contributed by atoms with E-state index in [1.54, 1.807) is 7.05 Å². The fraction of sp³-hybridized carbons (Fsp3) is 0.533. The number of benzene rings is 1. The molecule has 0 spiro atoms. The van der Waals surface area contributed by atoms with E-state index in [4.69, 9.17) is 16.3 Å². The van der Waals surface area contributed by atoms with Crippen molar-refractivity contribution >= 4 is 17.6 Å². The number of hydrogen-bond donors (Lipinski definition) is 2. The number of rotatable bonds is 5. The van der Waals surface area contributed by atoms with Crippen molar-refractivity contribution in [2.24, 2.45) is 10.4 Å². The number of ether oxygens (including phenoxy) is 1. The molecule has 1 saturated heterocycles. The Kier molecular flexibility index (Phi) is 5.26. The van der Waals surface area contributed by atoms with Crippen molar-refractivity contribution in [3.8, 4) is 0 Å². The summed E-state index contributed by atoms with van der Waals surface area (Å²) in [7, 11) is 1.79. The Bertz CT molecular complexity index is 455. The molecular weight excluding hydrogens is 274 g/mol. The summed E-state index contributed by atoms with van der Waals surface area (Å²) >= 11 is 5.87.